The first kappa shape index (κ1) is 20.2. The lowest BCUT2D eigenvalue weighted by Gasteiger charge is -2.20. The second-order valence-electron chi connectivity index (χ2n) is 7.09. The Labute approximate surface area is 186 Å². The summed E-state index contributed by atoms with van der Waals surface area (Å²) >= 11 is 6.18. The first-order chi connectivity index (χ1) is 15.5. The summed E-state index contributed by atoms with van der Waals surface area (Å²) in [6, 6.07) is 13.0. The summed E-state index contributed by atoms with van der Waals surface area (Å²) in [7, 11) is 0. The molecule has 0 bridgehead atoms. The van der Waals surface area contributed by atoms with Gasteiger partial charge in [-0.3, -0.25) is 4.79 Å². The number of fused-ring (bicyclic) bond motifs is 2. The van der Waals surface area contributed by atoms with E-state index in [0.29, 0.717) is 28.5 Å². The van der Waals surface area contributed by atoms with E-state index in [1.54, 1.807) is 18.2 Å². The Morgan fingerprint density at radius 1 is 1.12 bits per heavy atom. The minimum atomic E-state index is -0.727. The SMILES string of the molecule is O=C(Oc1ccc2c(c1)O/C(=C\c1cc(Cl)cc3c1OCOC3)C2=O)c1cccc(F)c1. The van der Waals surface area contributed by atoms with E-state index in [1.165, 1.54) is 36.4 Å². The Morgan fingerprint density at radius 2 is 2.00 bits per heavy atom. The van der Waals surface area contributed by atoms with E-state index in [1.807, 2.05) is 0 Å². The molecule has 3 aromatic rings. The van der Waals surface area contributed by atoms with E-state index >= 15 is 0 Å². The van der Waals surface area contributed by atoms with Crippen LogP contribution in [0.3, 0.4) is 0 Å². The number of ether oxygens (including phenoxy) is 4. The molecule has 0 aromatic heterocycles. The lowest BCUT2D eigenvalue weighted by atomic mass is 10.1. The molecule has 2 aliphatic rings. The largest absolute Gasteiger partial charge is 0.467 e. The van der Waals surface area contributed by atoms with Crippen molar-refractivity contribution in [3.8, 4) is 17.2 Å². The number of halogens is 2. The van der Waals surface area contributed by atoms with Crippen LogP contribution in [0.5, 0.6) is 17.2 Å². The molecule has 2 heterocycles. The Kier molecular flexibility index (Phi) is 5.13. The van der Waals surface area contributed by atoms with Crippen LogP contribution in [0.15, 0.2) is 60.4 Å². The van der Waals surface area contributed by atoms with Gasteiger partial charge in [0.2, 0.25) is 5.78 Å². The maximum absolute atomic E-state index is 13.3. The highest BCUT2D eigenvalue weighted by Crippen LogP contribution is 2.38. The standard InChI is InChI=1S/C24H14ClFO6/c25-16-6-14(23-15(7-16)11-29-12-30-23)9-21-22(27)19-5-4-18(10-20(19)32-21)31-24(28)13-2-1-3-17(26)8-13/h1-10H,11-12H2/b21-9-. The van der Waals surface area contributed by atoms with Crippen molar-refractivity contribution >= 4 is 29.4 Å². The molecule has 0 saturated heterocycles. The molecule has 3 aromatic carbocycles. The number of carbonyl (C=O) groups is 2. The first-order valence-corrected chi connectivity index (χ1v) is 9.95. The van der Waals surface area contributed by atoms with Gasteiger partial charge in [-0.1, -0.05) is 17.7 Å². The second kappa shape index (κ2) is 8.11. The molecule has 160 valence electrons. The van der Waals surface area contributed by atoms with Crippen LogP contribution in [0.2, 0.25) is 5.02 Å². The molecular weight excluding hydrogens is 439 g/mol. The van der Waals surface area contributed by atoms with Crippen LogP contribution in [0, 0.1) is 5.82 Å². The molecule has 8 heteroatoms. The minimum absolute atomic E-state index is 0.0674. The van der Waals surface area contributed by atoms with E-state index in [0.717, 1.165) is 11.6 Å². The summed E-state index contributed by atoms with van der Waals surface area (Å²) in [5.41, 5.74) is 1.74. The average Bonchev–Trinajstić information content (AvgIpc) is 3.08. The van der Waals surface area contributed by atoms with Crippen molar-refractivity contribution in [1.29, 1.82) is 0 Å². The summed E-state index contributed by atoms with van der Waals surface area (Å²) in [5, 5.41) is 0.471. The van der Waals surface area contributed by atoms with Gasteiger partial charge >= 0.3 is 5.97 Å². The number of ketones is 1. The van der Waals surface area contributed by atoms with Gasteiger partial charge in [0, 0.05) is 22.2 Å². The van der Waals surface area contributed by atoms with Crippen LogP contribution in [0.1, 0.15) is 31.8 Å². The fourth-order valence-corrected chi connectivity index (χ4v) is 3.72. The fourth-order valence-electron chi connectivity index (χ4n) is 3.47. The number of allylic oxidation sites excluding steroid dienone is 1. The highest BCUT2D eigenvalue weighted by atomic mass is 35.5. The summed E-state index contributed by atoms with van der Waals surface area (Å²) in [6.07, 6.45) is 1.55. The van der Waals surface area contributed by atoms with Crippen LogP contribution in [-0.2, 0) is 11.3 Å². The number of hydrogen-bond donors (Lipinski definition) is 0. The van der Waals surface area contributed by atoms with Gasteiger partial charge in [0.1, 0.15) is 23.1 Å². The third-order valence-corrected chi connectivity index (χ3v) is 5.12. The van der Waals surface area contributed by atoms with Gasteiger partial charge in [-0.25, -0.2) is 9.18 Å². The Balaban J connectivity index is 1.41. The normalized spacial score (nSPS) is 15.6. The van der Waals surface area contributed by atoms with Crippen molar-refractivity contribution in [2.24, 2.45) is 0 Å². The topological polar surface area (TPSA) is 71.1 Å². The summed E-state index contributed by atoms with van der Waals surface area (Å²) in [5.74, 6) is -0.550. The Bertz CT molecular complexity index is 1300. The molecule has 0 saturated carbocycles. The average molecular weight is 453 g/mol. The molecule has 6 nitrogen and oxygen atoms in total. The molecule has 0 aliphatic carbocycles. The zero-order valence-electron chi connectivity index (χ0n) is 16.4. The van der Waals surface area contributed by atoms with Gasteiger partial charge in [-0.2, -0.15) is 0 Å². The molecule has 32 heavy (non-hydrogen) atoms. The van der Waals surface area contributed by atoms with Crippen molar-refractivity contribution in [2.75, 3.05) is 6.79 Å². The van der Waals surface area contributed by atoms with E-state index in [-0.39, 0.29) is 35.4 Å². The van der Waals surface area contributed by atoms with Crippen LogP contribution < -0.4 is 14.2 Å². The second-order valence-corrected chi connectivity index (χ2v) is 7.53. The van der Waals surface area contributed by atoms with Crippen LogP contribution in [-0.4, -0.2) is 18.5 Å². The summed E-state index contributed by atoms with van der Waals surface area (Å²) in [6.45, 7) is 0.445. The molecule has 2 aliphatic heterocycles. The quantitative estimate of drug-likeness (QED) is 0.310. The van der Waals surface area contributed by atoms with Gasteiger partial charge < -0.3 is 18.9 Å². The van der Waals surface area contributed by atoms with Crippen molar-refractivity contribution in [3.63, 3.8) is 0 Å². The predicted molar refractivity (Wildman–Crippen MR) is 112 cm³/mol. The molecule has 0 atom stereocenters. The predicted octanol–water partition coefficient (Wildman–Crippen LogP) is 5.18. The molecule has 0 spiro atoms. The summed E-state index contributed by atoms with van der Waals surface area (Å²) < 4.78 is 35.2. The number of carbonyl (C=O) groups excluding carboxylic acids is 2. The van der Waals surface area contributed by atoms with E-state index in [2.05, 4.69) is 0 Å². The monoisotopic (exact) mass is 452 g/mol. The van der Waals surface area contributed by atoms with Gasteiger partial charge in [-0.15, -0.1) is 0 Å². The van der Waals surface area contributed by atoms with E-state index < -0.39 is 11.8 Å². The minimum Gasteiger partial charge on any atom is -0.467 e. The molecule has 0 N–H and O–H groups in total. The number of Topliss-reactive ketones (excluding diaryl/α,β-unsaturated/α-hetero) is 1. The molecule has 0 amide bonds. The van der Waals surface area contributed by atoms with Gasteiger partial charge in [0.25, 0.3) is 0 Å². The fraction of sp³-hybridized carbons (Fsp3) is 0.0833. The van der Waals surface area contributed by atoms with Crippen molar-refractivity contribution in [1.82, 2.24) is 0 Å². The third-order valence-electron chi connectivity index (χ3n) is 4.90. The number of benzene rings is 3. The Hall–Kier alpha value is -3.68. The van der Waals surface area contributed by atoms with Crippen molar-refractivity contribution < 1.29 is 32.9 Å². The number of rotatable bonds is 3. The molecule has 0 unspecified atom stereocenters. The maximum Gasteiger partial charge on any atom is 0.343 e. The van der Waals surface area contributed by atoms with Crippen molar-refractivity contribution in [2.45, 2.75) is 6.61 Å². The molecule has 0 fully saturated rings. The number of esters is 1. The molecular formula is C24H14ClFO6. The highest BCUT2D eigenvalue weighted by molar-refractivity contribution is 6.31. The first-order valence-electron chi connectivity index (χ1n) is 9.57. The third kappa shape index (κ3) is 3.84. The van der Waals surface area contributed by atoms with Crippen LogP contribution >= 0.6 is 11.6 Å². The lowest BCUT2D eigenvalue weighted by Crippen LogP contribution is -2.12. The van der Waals surface area contributed by atoms with E-state index in [4.69, 9.17) is 30.5 Å². The Morgan fingerprint density at radius 3 is 2.84 bits per heavy atom. The highest BCUT2D eigenvalue weighted by Gasteiger charge is 2.29. The summed E-state index contributed by atoms with van der Waals surface area (Å²) in [4.78, 5) is 25.1. The van der Waals surface area contributed by atoms with Gasteiger partial charge in [-0.05, 0) is 48.5 Å². The van der Waals surface area contributed by atoms with Crippen LogP contribution in [0.25, 0.3) is 6.08 Å². The molecule has 5 rings (SSSR count). The zero-order chi connectivity index (χ0) is 22.2. The zero-order valence-corrected chi connectivity index (χ0v) is 17.1. The van der Waals surface area contributed by atoms with Gasteiger partial charge in [0.05, 0.1) is 17.7 Å². The lowest BCUT2D eigenvalue weighted by molar-refractivity contribution is -0.0165. The number of hydrogen-bond acceptors (Lipinski definition) is 6. The van der Waals surface area contributed by atoms with Crippen molar-refractivity contribution in [3.05, 3.63) is 93.5 Å². The maximum atomic E-state index is 13.3. The van der Waals surface area contributed by atoms with Gasteiger partial charge in [0.15, 0.2) is 12.6 Å². The molecule has 0 radical (unpaired) electrons. The van der Waals surface area contributed by atoms with E-state index in [9.17, 15) is 14.0 Å². The van der Waals surface area contributed by atoms with Crippen LogP contribution in [0.4, 0.5) is 4.39 Å². The smallest absolute Gasteiger partial charge is 0.343 e.